The zero-order valence-corrected chi connectivity index (χ0v) is 14.4. The summed E-state index contributed by atoms with van der Waals surface area (Å²) in [6.45, 7) is 10.6. The van der Waals surface area contributed by atoms with Crippen molar-refractivity contribution in [2.75, 3.05) is 27.2 Å². The normalized spacial score (nSPS) is 23.2. The molecule has 0 saturated carbocycles. The molecule has 21 heavy (non-hydrogen) atoms. The minimum atomic E-state index is -0.499. The summed E-state index contributed by atoms with van der Waals surface area (Å²) in [5.41, 5.74) is -0.499. The molecule has 6 heteroatoms. The Morgan fingerprint density at radius 2 is 1.95 bits per heavy atom. The molecule has 0 N–H and O–H groups in total. The molecule has 2 unspecified atom stereocenters. The minimum Gasteiger partial charge on any atom is -0.444 e. The van der Waals surface area contributed by atoms with Crippen molar-refractivity contribution in [2.24, 2.45) is 0 Å². The van der Waals surface area contributed by atoms with E-state index in [-0.39, 0.29) is 24.3 Å². The first-order valence-corrected chi connectivity index (χ1v) is 7.54. The van der Waals surface area contributed by atoms with Gasteiger partial charge in [-0.3, -0.25) is 4.84 Å². The van der Waals surface area contributed by atoms with E-state index in [9.17, 15) is 4.79 Å². The lowest BCUT2D eigenvalue weighted by Crippen LogP contribution is -2.42. The van der Waals surface area contributed by atoms with Gasteiger partial charge in [-0.05, 0) is 34.6 Å². The lowest BCUT2D eigenvalue weighted by Gasteiger charge is -2.28. The molecule has 1 aliphatic heterocycles. The monoisotopic (exact) mass is 302 g/mol. The molecule has 0 aromatic rings. The molecule has 1 aliphatic rings. The van der Waals surface area contributed by atoms with Crippen LogP contribution < -0.4 is 0 Å². The molecular formula is C15H30N2O4. The molecule has 1 heterocycles. The second-order valence-corrected chi connectivity index (χ2v) is 6.94. The zero-order valence-electron chi connectivity index (χ0n) is 14.4. The van der Waals surface area contributed by atoms with Gasteiger partial charge in [0, 0.05) is 20.5 Å². The van der Waals surface area contributed by atoms with Crippen LogP contribution >= 0.6 is 0 Å². The molecule has 1 amide bonds. The highest BCUT2D eigenvalue weighted by atomic mass is 16.7. The van der Waals surface area contributed by atoms with E-state index in [2.05, 4.69) is 0 Å². The van der Waals surface area contributed by atoms with Gasteiger partial charge in [0.2, 0.25) is 0 Å². The van der Waals surface area contributed by atoms with Gasteiger partial charge >= 0.3 is 6.09 Å². The summed E-state index contributed by atoms with van der Waals surface area (Å²) in [4.78, 5) is 19.7. The number of hydrogen-bond acceptors (Lipinski definition) is 5. The second-order valence-electron chi connectivity index (χ2n) is 6.94. The number of ether oxygens (including phenoxy) is 2. The smallest absolute Gasteiger partial charge is 0.410 e. The Bertz CT molecular complexity index is 339. The summed E-state index contributed by atoms with van der Waals surface area (Å²) in [5.74, 6) is 0. The van der Waals surface area contributed by atoms with E-state index in [1.54, 1.807) is 9.96 Å². The molecule has 1 rings (SSSR count). The number of carbonyl (C=O) groups excluding carboxylic acids is 1. The van der Waals surface area contributed by atoms with Crippen LogP contribution in [0, 0.1) is 0 Å². The molecule has 0 aromatic carbocycles. The van der Waals surface area contributed by atoms with Gasteiger partial charge in [0.1, 0.15) is 5.60 Å². The van der Waals surface area contributed by atoms with Crippen LogP contribution in [0.1, 0.15) is 41.0 Å². The van der Waals surface area contributed by atoms with Gasteiger partial charge in [0.25, 0.3) is 0 Å². The molecule has 0 aliphatic carbocycles. The summed E-state index contributed by atoms with van der Waals surface area (Å²) in [5, 5.41) is 1.67. The molecule has 1 saturated heterocycles. The summed E-state index contributed by atoms with van der Waals surface area (Å²) in [7, 11) is 3.69. The van der Waals surface area contributed by atoms with Crippen LogP contribution in [0.5, 0.6) is 0 Å². The van der Waals surface area contributed by atoms with Gasteiger partial charge in [-0.1, -0.05) is 0 Å². The van der Waals surface area contributed by atoms with E-state index in [4.69, 9.17) is 14.3 Å². The van der Waals surface area contributed by atoms with Crippen LogP contribution in [0.25, 0.3) is 0 Å². The molecule has 0 spiro atoms. The Labute approximate surface area is 128 Å². The number of nitrogens with zero attached hydrogens (tertiary/aromatic N) is 2. The third-order valence-corrected chi connectivity index (χ3v) is 2.99. The average molecular weight is 302 g/mol. The van der Waals surface area contributed by atoms with E-state index >= 15 is 0 Å². The largest absolute Gasteiger partial charge is 0.444 e. The molecule has 1 fully saturated rings. The van der Waals surface area contributed by atoms with E-state index < -0.39 is 5.60 Å². The highest BCUT2D eigenvalue weighted by Crippen LogP contribution is 2.24. The molecule has 0 bridgehead atoms. The molecule has 0 aromatic heterocycles. The fraction of sp³-hybridized carbons (Fsp3) is 0.933. The third-order valence-electron chi connectivity index (χ3n) is 2.99. The maximum absolute atomic E-state index is 12.3. The minimum absolute atomic E-state index is 0.00722. The number of hydrogen-bond donors (Lipinski definition) is 0. The van der Waals surface area contributed by atoms with Crippen molar-refractivity contribution in [2.45, 2.75) is 64.9 Å². The van der Waals surface area contributed by atoms with Crippen molar-refractivity contribution in [1.29, 1.82) is 0 Å². The predicted octanol–water partition coefficient (Wildman–Crippen LogP) is 2.28. The molecule has 6 nitrogen and oxygen atoms in total. The topological polar surface area (TPSA) is 51.2 Å². The Morgan fingerprint density at radius 3 is 2.43 bits per heavy atom. The average Bonchev–Trinajstić information content (AvgIpc) is 2.66. The first-order valence-electron chi connectivity index (χ1n) is 7.54. The number of amides is 1. The van der Waals surface area contributed by atoms with Crippen molar-refractivity contribution in [3.63, 3.8) is 0 Å². The zero-order chi connectivity index (χ0) is 16.2. The lowest BCUT2D eigenvalue weighted by atomic mass is 10.2. The summed E-state index contributed by atoms with van der Waals surface area (Å²) >= 11 is 0. The van der Waals surface area contributed by atoms with E-state index in [0.717, 1.165) is 6.42 Å². The lowest BCUT2D eigenvalue weighted by molar-refractivity contribution is -0.159. The van der Waals surface area contributed by atoms with Crippen LogP contribution in [0.15, 0.2) is 0 Å². The van der Waals surface area contributed by atoms with Gasteiger partial charge in [-0.2, -0.15) is 5.06 Å². The number of likely N-dealkylation sites (tertiary alicyclic amines) is 1. The number of carbonyl (C=O) groups is 1. The van der Waals surface area contributed by atoms with E-state index in [0.29, 0.717) is 13.2 Å². The molecule has 2 atom stereocenters. The Morgan fingerprint density at radius 1 is 1.33 bits per heavy atom. The number of rotatable bonds is 5. The van der Waals surface area contributed by atoms with Gasteiger partial charge in [0.15, 0.2) is 0 Å². The Hall–Kier alpha value is -0.850. The van der Waals surface area contributed by atoms with Gasteiger partial charge in [-0.15, -0.1) is 0 Å². The first-order chi connectivity index (χ1) is 9.58. The van der Waals surface area contributed by atoms with Crippen molar-refractivity contribution in [3.05, 3.63) is 0 Å². The molecule has 0 radical (unpaired) electrons. The molecular weight excluding hydrogens is 272 g/mol. The maximum Gasteiger partial charge on any atom is 0.410 e. The van der Waals surface area contributed by atoms with Gasteiger partial charge in [0.05, 0.1) is 31.4 Å². The predicted molar refractivity (Wildman–Crippen MR) is 81.0 cm³/mol. The van der Waals surface area contributed by atoms with Crippen molar-refractivity contribution in [1.82, 2.24) is 9.96 Å². The highest BCUT2D eigenvalue weighted by Gasteiger charge is 2.38. The molecule has 124 valence electrons. The Balaban J connectivity index is 2.68. The summed E-state index contributed by atoms with van der Waals surface area (Å²) in [6, 6.07) is -0.00722. The first kappa shape index (κ1) is 18.2. The van der Waals surface area contributed by atoms with E-state index in [1.807, 2.05) is 48.7 Å². The fourth-order valence-corrected chi connectivity index (χ4v) is 2.25. The second kappa shape index (κ2) is 7.42. The Kier molecular flexibility index (Phi) is 6.43. The van der Waals surface area contributed by atoms with Crippen molar-refractivity contribution < 1.29 is 19.1 Å². The summed E-state index contributed by atoms with van der Waals surface area (Å²) < 4.78 is 11.1. The van der Waals surface area contributed by atoms with E-state index in [1.165, 1.54) is 0 Å². The quantitative estimate of drug-likeness (QED) is 0.729. The highest BCUT2D eigenvalue weighted by molar-refractivity contribution is 5.69. The van der Waals surface area contributed by atoms with Gasteiger partial charge in [-0.25, -0.2) is 4.79 Å². The van der Waals surface area contributed by atoms with Crippen LogP contribution in [0.2, 0.25) is 0 Å². The SMILES string of the molecule is CC(C)OCC1CC(ON(C)C)CN1C(=O)OC(C)(C)C. The van der Waals surface area contributed by atoms with Crippen LogP contribution in [0.3, 0.4) is 0 Å². The van der Waals surface area contributed by atoms with Crippen molar-refractivity contribution in [3.8, 4) is 0 Å². The van der Waals surface area contributed by atoms with Crippen LogP contribution in [-0.4, -0.2) is 67.2 Å². The summed E-state index contributed by atoms with van der Waals surface area (Å²) in [6.07, 6.45) is 0.571. The standard InChI is InChI=1S/C15H30N2O4/c1-11(2)19-10-12-8-13(21-16(6)7)9-17(12)14(18)20-15(3,4)5/h11-13H,8-10H2,1-7H3. The van der Waals surface area contributed by atoms with Crippen molar-refractivity contribution >= 4 is 6.09 Å². The van der Waals surface area contributed by atoms with Gasteiger partial charge < -0.3 is 14.4 Å². The van der Waals surface area contributed by atoms with Crippen LogP contribution in [-0.2, 0) is 14.3 Å². The maximum atomic E-state index is 12.3. The number of hydroxylamine groups is 2. The fourth-order valence-electron chi connectivity index (χ4n) is 2.25. The van der Waals surface area contributed by atoms with Crippen LogP contribution in [0.4, 0.5) is 4.79 Å². The third kappa shape index (κ3) is 6.63.